The standard InChI is InChI=1S/C14H21NO4/c1-17-12-5-11(6-13(18-2)14(12)16)8-15-7-10-3-4-19-9-10/h5-6,10,15-16H,3-4,7-9H2,1-2H3. The monoisotopic (exact) mass is 267 g/mol. The number of ether oxygens (including phenoxy) is 3. The zero-order valence-corrected chi connectivity index (χ0v) is 11.4. The van der Waals surface area contributed by atoms with Crippen LogP contribution in [0.3, 0.4) is 0 Å². The number of phenols is 1. The van der Waals surface area contributed by atoms with Gasteiger partial charge in [-0.1, -0.05) is 0 Å². The summed E-state index contributed by atoms with van der Waals surface area (Å²) < 4.78 is 15.6. The minimum Gasteiger partial charge on any atom is -0.502 e. The largest absolute Gasteiger partial charge is 0.502 e. The molecule has 1 saturated heterocycles. The summed E-state index contributed by atoms with van der Waals surface area (Å²) in [6.07, 6.45) is 1.12. The van der Waals surface area contributed by atoms with Gasteiger partial charge in [-0.25, -0.2) is 0 Å². The van der Waals surface area contributed by atoms with Gasteiger partial charge in [0, 0.05) is 19.7 Å². The maximum absolute atomic E-state index is 9.82. The number of rotatable bonds is 6. The molecule has 1 aromatic carbocycles. The molecule has 1 aliphatic heterocycles. The fourth-order valence-electron chi connectivity index (χ4n) is 2.21. The number of benzene rings is 1. The van der Waals surface area contributed by atoms with Crippen LogP contribution in [0.2, 0.25) is 0 Å². The molecule has 0 bridgehead atoms. The van der Waals surface area contributed by atoms with Crippen LogP contribution in [-0.4, -0.2) is 39.1 Å². The van der Waals surface area contributed by atoms with Crippen LogP contribution < -0.4 is 14.8 Å². The van der Waals surface area contributed by atoms with Crippen molar-refractivity contribution in [1.82, 2.24) is 5.32 Å². The minimum atomic E-state index is 0.0398. The number of hydrogen-bond acceptors (Lipinski definition) is 5. The molecule has 106 valence electrons. The van der Waals surface area contributed by atoms with Crippen molar-refractivity contribution in [3.8, 4) is 17.2 Å². The van der Waals surface area contributed by atoms with E-state index in [1.54, 1.807) is 0 Å². The van der Waals surface area contributed by atoms with Crippen molar-refractivity contribution in [3.63, 3.8) is 0 Å². The molecule has 0 spiro atoms. The first-order valence-corrected chi connectivity index (χ1v) is 6.47. The van der Waals surface area contributed by atoms with Crippen molar-refractivity contribution in [2.24, 2.45) is 5.92 Å². The summed E-state index contributed by atoms with van der Waals surface area (Å²) in [5, 5.41) is 13.2. The van der Waals surface area contributed by atoms with Crippen LogP contribution in [0.1, 0.15) is 12.0 Å². The van der Waals surface area contributed by atoms with Gasteiger partial charge >= 0.3 is 0 Å². The van der Waals surface area contributed by atoms with Gasteiger partial charge in [0.1, 0.15) is 0 Å². The maximum Gasteiger partial charge on any atom is 0.200 e. The second-order valence-electron chi connectivity index (χ2n) is 4.71. The molecule has 2 N–H and O–H groups in total. The summed E-state index contributed by atoms with van der Waals surface area (Å²) in [4.78, 5) is 0. The average molecular weight is 267 g/mol. The average Bonchev–Trinajstić information content (AvgIpc) is 2.93. The molecule has 1 atom stereocenters. The van der Waals surface area contributed by atoms with Gasteiger partial charge < -0.3 is 24.6 Å². The van der Waals surface area contributed by atoms with E-state index in [1.165, 1.54) is 14.2 Å². The van der Waals surface area contributed by atoms with Gasteiger partial charge in [0.25, 0.3) is 0 Å². The molecule has 0 radical (unpaired) electrons. The van der Waals surface area contributed by atoms with Gasteiger partial charge in [-0.2, -0.15) is 0 Å². The summed E-state index contributed by atoms with van der Waals surface area (Å²) in [5.74, 6) is 1.50. The Kier molecular flexibility index (Phi) is 4.87. The van der Waals surface area contributed by atoms with E-state index in [0.717, 1.165) is 31.7 Å². The number of hydrogen-bond donors (Lipinski definition) is 2. The van der Waals surface area contributed by atoms with Crippen LogP contribution in [0.15, 0.2) is 12.1 Å². The predicted molar refractivity (Wildman–Crippen MR) is 71.8 cm³/mol. The van der Waals surface area contributed by atoms with Crippen LogP contribution in [0.5, 0.6) is 17.2 Å². The van der Waals surface area contributed by atoms with E-state index in [9.17, 15) is 5.11 Å². The molecule has 1 heterocycles. The lowest BCUT2D eigenvalue weighted by atomic mass is 10.1. The van der Waals surface area contributed by atoms with Crippen molar-refractivity contribution >= 4 is 0 Å². The quantitative estimate of drug-likeness (QED) is 0.818. The third kappa shape index (κ3) is 3.52. The van der Waals surface area contributed by atoms with Crippen molar-refractivity contribution in [3.05, 3.63) is 17.7 Å². The molecule has 5 nitrogen and oxygen atoms in total. The Morgan fingerprint density at radius 3 is 2.53 bits per heavy atom. The highest BCUT2D eigenvalue weighted by Gasteiger charge is 2.15. The summed E-state index contributed by atoms with van der Waals surface area (Å²) >= 11 is 0. The molecular formula is C14H21NO4. The van der Waals surface area contributed by atoms with Crippen molar-refractivity contribution < 1.29 is 19.3 Å². The Morgan fingerprint density at radius 1 is 1.32 bits per heavy atom. The van der Waals surface area contributed by atoms with Crippen LogP contribution in [-0.2, 0) is 11.3 Å². The maximum atomic E-state index is 9.82. The first-order chi connectivity index (χ1) is 9.24. The van der Waals surface area contributed by atoms with Crippen LogP contribution >= 0.6 is 0 Å². The van der Waals surface area contributed by atoms with E-state index >= 15 is 0 Å². The smallest absolute Gasteiger partial charge is 0.200 e. The van der Waals surface area contributed by atoms with E-state index in [0.29, 0.717) is 24.0 Å². The highest BCUT2D eigenvalue weighted by Crippen LogP contribution is 2.36. The first kappa shape index (κ1) is 14.0. The fourth-order valence-corrected chi connectivity index (χ4v) is 2.21. The molecule has 0 amide bonds. The Morgan fingerprint density at radius 2 is 2.00 bits per heavy atom. The molecule has 5 heteroatoms. The molecule has 1 aromatic rings. The molecule has 1 fully saturated rings. The number of nitrogens with one attached hydrogen (secondary N) is 1. The predicted octanol–water partition coefficient (Wildman–Crippen LogP) is 1.54. The van der Waals surface area contributed by atoms with Gasteiger partial charge in [0.2, 0.25) is 5.75 Å². The van der Waals surface area contributed by atoms with Crippen molar-refractivity contribution in [2.45, 2.75) is 13.0 Å². The minimum absolute atomic E-state index is 0.0398. The summed E-state index contributed by atoms with van der Waals surface area (Å²) in [7, 11) is 3.06. The lowest BCUT2D eigenvalue weighted by Gasteiger charge is -2.13. The Bertz CT molecular complexity index is 391. The topological polar surface area (TPSA) is 60.0 Å². The van der Waals surface area contributed by atoms with Gasteiger partial charge in [0.05, 0.1) is 20.8 Å². The zero-order valence-electron chi connectivity index (χ0n) is 11.4. The summed E-state index contributed by atoms with van der Waals surface area (Å²) in [6.45, 7) is 3.36. The molecule has 1 unspecified atom stereocenters. The van der Waals surface area contributed by atoms with Crippen molar-refractivity contribution in [1.29, 1.82) is 0 Å². The first-order valence-electron chi connectivity index (χ1n) is 6.47. The molecule has 0 aromatic heterocycles. The zero-order chi connectivity index (χ0) is 13.7. The van der Waals surface area contributed by atoms with Crippen LogP contribution in [0, 0.1) is 5.92 Å². The van der Waals surface area contributed by atoms with Gasteiger partial charge in [-0.15, -0.1) is 0 Å². The lowest BCUT2D eigenvalue weighted by Crippen LogP contribution is -2.22. The Hall–Kier alpha value is -1.46. The third-order valence-electron chi connectivity index (χ3n) is 3.33. The van der Waals surface area contributed by atoms with Gasteiger partial charge in [-0.05, 0) is 30.0 Å². The fraction of sp³-hybridized carbons (Fsp3) is 0.571. The van der Waals surface area contributed by atoms with E-state index in [1.807, 2.05) is 12.1 Å². The molecule has 0 aliphatic carbocycles. The Labute approximate surface area is 113 Å². The number of methoxy groups -OCH3 is 2. The normalized spacial score (nSPS) is 18.5. The molecular weight excluding hydrogens is 246 g/mol. The Balaban J connectivity index is 1.95. The second kappa shape index (κ2) is 6.63. The third-order valence-corrected chi connectivity index (χ3v) is 3.33. The lowest BCUT2D eigenvalue weighted by molar-refractivity contribution is 0.185. The van der Waals surface area contributed by atoms with Crippen LogP contribution in [0.25, 0.3) is 0 Å². The van der Waals surface area contributed by atoms with E-state index in [4.69, 9.17) is 14.2 Å². The second-order valence-corrected chi connectivity index (χ2v) is 4.71. The van der Waals surface area contributed by atoms with Gasteiger partial charge in [-0.3, -0.25) is 0 Å². The van der Waals surface area contributed by atoms with E-state index < -0.39 is 0 Å². The number of phenolic OH excluding ortho intramolecular Hbond substituents is 1. The highest BCUT2D eigenvalue weighted by atomic mass is 16.5. The highest BCUT2D eigenvalue weighted by molar-refractivity contribution is 5.52. The SMILES string of the molecule is COc1cc(CNCC2CCOC2)cc(OC)c1O. The van der Waals surface area contributed by atoms with E-state index in [-0.39, 0.29) is 5.75 Å². The molecule has 19 heavy (non-hydrogen) atoms. The van der Waals surface area contributed by atoms with Crippen LogP contribution in [0.4, 0.5) is 0 Å². The number of aromatic hydroxyl groups is 1. The molecule has 1 aliphatic rings. The van der Waals surface area contributed by atoms with E-state index in [2.05, 4.69) is 5.32 Å². The summed E-state index contributed by atoms with van der Waals surface area (Å²) in [6, 6.07) is 3.63. The van der Waals surface area contributed by atoms with Gasteiger partial charge in [0.15, 0.2) is 11.5 Å². The molecule has 0 saturated carbocycles. The van der Waals surface area contributed by atoms with Crippen molar-refractivity contribution in [2.75, 3.05) is 34.0 Å². The molecule has 2 rings (SSSR count). The summed E-state index contributed by atoms with van der Waals surface area (Å²) in [5.41, 5.74) is 1.02.